The molecule has 5 nitrogen and oxygen atoms in total. The highest BCUT2D eigenvalue weighted by Gasteiger charge is 2.25. The summed E-state index contributed by atoms with van der Waals surface area (Å²) in [4.78, 5) is 18.6. The lowest BCUT2D eigenvalue weighted by atomic mass is 10.2. The van der Waals surface area contributed by atoms with Gasteiger partial charge in [-0.3, -0.25) is 0 Å². The Morgan fingerprint density at radius 3 is 2.70 bits per heavy atom. The summed E-state index contributed by atoms with van der Waals surface area (Å²) in [6.45, 7) is 2.95. The number of hydrogen-bond donors (Lipinski definition) is 1. The third kappa shape index (κ3) is 2.97. The molecule has 0 spiro atoms. The van der Waals surface area contributed by atoms with Crippen molar-refractivity contribution >= 4 is 23.3 Å². The first-order chi connectivity index (χ1) is 11.1. The number of pyridine rings is 1. The predicted molar refractivity (Wildman–Crippen MR) is 86.8 cm³/mol. The molecule has 0 unspecified atom stereocenters. The molecule has 1 saturated heterocycles. The van der Waals surface area contributed by atoms with E-state index in [0.29, 0.717) is 17.4 Å². The number of rotatable bonds is 3. The summed E-state index contributed by atoms with van der Waals surface area (Å²) in [5.41, 5.74) is 1.04. The van der Waals surface area contributed by atoms with Crippen LogP contribution in [-0.4, -0.2) is 28.8 Å². The van der Waals surface area contributed by atoms with Crippen molar-refractivity contribution in [2.24, 2.45) is 0 Å². The molecule has 23 heavy (non-hydrogen) atoms. The Balaban J connectivity index is 1.97. The van der Waals surface area contributed by atoms with Crippen LogP contribution in [0.25, 0.3) is 0 Å². The summed E-state index contributed by atoms with van der Waals surface area (Å²) in [6, 6.07) is 10.1. The lowest BCUT2D eigenvalue weighted by Crippen LogP contribution is -2.28. The number of para-hydroxylation sites is 1. The van der Waals surface area contributed by atoms with E-state index < -0.39 is 11.9 Å². The minimum atomic E-state index is -1.27. The third-order valence-electron chi connectivity index (χ3n) is 4.11. The molecule has 3 rings (SSSR count). The molecule has 1 aromatic heterocycles. The van der Waals surface area contributed by atoms with Gasteiger partial charge in [-0.15, -0.1) is 0 Å². The molecule has 1 fully saturated rings. The van der Waals surface area contributed by atoms with E-state index in [1.54, 1.807) is 36.5 Å². The van der Waals surface area contributed by atoms with Gasteiger partial charge in [0, 0.05) is 18.7 Å². The van der Waals surface area contributed by atoms with E-state index in [9.17, 15) is 14.3 Å². The van der Waals surface area contributed by atoms with Crippen LogP contribution < -0.4 is 9.80 Å². The fourth-order valence-electron chi connectivity index (χ4n) is 2.96. The molecule has 1 aliphatic rings. The maximum Gasteiger partial charge on any atom is 0.417 e. The first-order valence-electron chi connectivity index (χ1n) is 7.58. The van der Waals surface area contributed by atoms with Gasteiger partial charge in [-0.25, -0.2) is 19.1 Å². The molecule has 1 aromatic carbocycles. The van der Waals surface area contributed by atoms with Crippen molar-refractivity contribution in [3.05, 3.63) is 48.4 Å². The molecule has 0 radical (unpaired) electrons. The lowest BCUT2D eigenvalue weighted by molar-refractivity contribution is 0.204. The maximum atomic E-state index is 14.5. The van der Waals surface area contributed by atoms with Crippen molar-refractivity contribution in [3.63, 3.8) is 0 Å². The Morgan fingerprint density at radius 2 is 2.13 bits per heavy atom. The van der Waals surface area contributed by atoms with Crippen molar-refractivity contribution in [1.29, 1.82) is 0 Å². The molecular formula is C17H18FN3O2. The van der Waals surface area contributed by atoms with Gasteiger partial charge in [-0.2, -0.15) is 0 Å². The summed E-state index contributed by atoms with van der Waals surface area (Å²) in [7, 11) is 0. The van der Waals surface area contributed by atoms with Crippen molar-refractivity contribution in [3.8, 4) is 0 Å². The van der Waals surface area contributed by atoms with Crippen LogP contribution >= 0.6 is 0 Å². The van der Waals surface area contributed by atoms with Crippen LogP contribution in [0.15, 0.2) is 42.6 Å². The summed E-state index contributed by atoms with van der Waals surface area (Å²) in [5, 5.41) is 9.44. The Kier molecular flexibility index (Phi) is 4.14. The minimum Gasteiger partial charge on any atom is -0.464 e. The van der Waals surface area contributed by atoms with Gasteiger partial charge in [0.05, 0.1) is 17.6 Å². The number of anilines is 3. The third-order valence-corrected chi connectivity index (χ3v) is 4.11. The van der Waals surface area contributed by atoms with Crippen LogP contribution in [0.3, 0.4) is 0 Å². The fourth-order valence-corrected chi connectivity index (χ4v) is 2.96. The largest absolute Gasteiger partial charge is 0.464 e. The van der Waals surface area contributed by atoms with E-state index in [2.05, 4.69) is 16.8 Å². The zero-order valence-electron chi connectivity index (χ0n) is 12.8. The minimum absolute atomic E-state index is 0.209. The SMILES string of the molecule is C[C@@H]1CCCN1c1cnc(N(C(=O)O)c2ccccc2)c(F)c1. The van der Waals surface area contributed by atoms with E-state index in [0.717, 1.165) is 24.3 Å². The van der Waals surface area contributed by atoms with Gasteiger partial charge in [0.1, 0.15) is 0 Å². The summed E-state index contributed by atoms with van der Waals surface area (Å²) in [6.07, 6.45) is 2.40. The number of aromatic nitrogens is 1. The first-order valence-corrected chi connectivity index (χ1v) is 7.58. The normalized spacial score (nSPS) is 17.3. The average Bonchev–Trinajstić information content (AvgIpc) is 2.96. The van der Waals surface area contributed by atoms with Gasteiger partial charge in [-0.05, 0) is 31.9 Å². The van der Waals surface area contributed by atoms with E-state index in [-0.39, 0.29) is 5.82 Å². The van der Waals surface area contributed by atoms with Crippen molar-refractivity contribution < 1.29 is 14.3 Å². The lowest BCUT2D eigenvalue weighted by Gasteiger charge is -2.25. The van der Waals surface area contributed by atoms with Gasteiger partial charge in [-0.1, -0.05) is 18.2 Å². The second-order valence-electron chi connectivity index (χ2n) is 5.64. The van der Waals surface area contributed by atoms with Crippen molar-refractivity contribution in [2.75, 3.05) is 16.3 Å². The number of hydrogen-bond acceptors (Lipinski definition) is 3. The predicted octanol–water partition coefficient (Wildman–Crippen LogP) is 4.03. The standard InChI is InChI=1S/C17H18FN3O2/c1-12-6-5-9-20(12)14-10-15(18)16(19-11-14)21(17(22)23)13-7-3-2-4-8-13/h2-4,7-8,10-12H,5-6,9H2,1H3,(H,22,23)/t12-/m1/s1. The van der Waals surface area contributed by atoms with Crippen molar-refractivity contribution in [2.45, 2.75) is 25.8 Å². The average molecular weight is 315 g/mol. The van der Waals surface area contributed by atoms with Gasteiger partial charge in [0.15, 0.2) is 11.6 Å². The van der Waals surface area contributed by atoms with Gasteiger partial charge >= 0.3 is 6.09 Å². The second kappa shape index (κ2) is 6.24. The fraction of sp³-hybridized carbons (Fsp3) is 0.294. The Labute approximate surface area is 134 Å². The summed E-state index contributed by atoms with van der Waals surface area (Å²) in [5.74, 6) is -0.854. The molecule has 1 N–H and O–H groups in total. The zero-order chi connectivity index (χ0) is 16.4. The van der Waals surface area contributed by atoms with Crippen LogP contribution in [-0.2, 0) is 0 Å². The summed E-state index contributed by atoms with van der Waals surface area (Å²) >= 11 is 0. The van der Waals surface area contributed by atoms with E-state index in [4.69, 9.17) is 0 Å². The topological polar surface area (TPSA) is 56.7 Å². The number of nitrogens with zero attached hydrogens (tertiary/aromatic N) is 3. The van der Waals surface area contributed by atoms with Crippen LogP contribution in [0.1, 0.15) is 19.8 Å². The van der Waals surface area contributed by atoms with Crippen LogP contribution in [0.5, 0.6) is 0 Å². The van der Waals surface area contributed by atoms with Gasteiger partial charge in [0.25, 0.3) is 0 Å². The molecule has 1 atom stereocenters. The molecule has 0 aliphatic carbocycles. The quantitative estimate of drug-likeness (QED) is 0.929. The van der Waals surface area contributed by atoms with E-state index in [1.165, 1.54) is 6.07 Å². The van der Waals surface area contributed by atoms with E-state index >= 15 is 0 Å². The molecule has 0 bridgehead atoms. The molecule has 6 heteroatoms. The highest BCUT2D eigenvalue weighted by Crippen LogP contribution is 2.31. The molecule has 2 heterocycles. The van der Waals surface area contributed by atoms with Crippen LogP contribution in [0.2, 0.25) is 0 Å². The first kappa shape index (κ1) is 15.3. The number of benzene rings is 1. The second-order valence-corrected chi connectivity index (χ2v) is 5.64. The summed E-state index contributed by atoms with van der Waals surface area (Å²) < 4.78 is 14.5. The monoisotopic (exact) mass is 315 g/mol. The molecule has 2 aromatic rings. The number of halogens is 1. The number of amides is 1. The molecular weight excluding hydrogens is 297 g/mol. The van der Waals surface area contributed by atoms with Gasteiger partial charge in [0.2, 0.25) is 0 Å². The molecule has 120 valence electrons. The van der Waals surface area contributed by atoms with Crippen LogP contribution in [0.4, 0.5) is 26.4 Å². The number of carbonyl (C=O) groups is 1. The highest BCUT2D eigenvalue weighted by atomic mass is 19.1. The Morgan fingerprint density at radius 1 is 1.39 bits per heavy atom. The Hall–Kier alpha value is -2.63. The van der Waals surface area contributed by atoms with E-state index in [1.807, 2.05) is 0 Å². The highest BCUT2D eigenvalue weighted by molar-refractivity contribution is 5.93. The molecule has 1 amide bonds. The Bertz CT molecular complexity index is 708. The van der Waals surface area contributed by atoms with Gasteiger partial charge < -0.3 is 10.0 Å². The zero-order valence-corrected chi connectivity index (χ0v) is 12.8. The smallest absolute Gasteiger partial charge is 0.417 e. The maximum absolute atomic E-state index is 14.5. The molecule has 1 aliphatic heterocycles. The van der Waals surface area contributed by atoms with Crippen LogP contribution in [0, 0.1) is 5.82 Å². The molecule has 0 saturated carbocycles. The van der Waals surface area contributed by atoms with Crippen molar-refractivity contribution in [1.82, 2.24) is 4.98 Å². The number of carboxylic acid groups (broad SMARTS) is 1.